The van der Waals surface area contributed by atoms with E-state index >= 15 is 0 Å². The first-order valence-electron chi connectivity index (χ1n) is 8.22. The first-order valence-corrected chi connectivity index (χ1v) is 9.91. The summed E-state index contributed by atoms with van der Waals surface area (Å²) < 4.78 is 20.1. The fraction of sp³-hybridized carbons (Fsp3) is 0.100. The molecule has 0 aliphatic rings. The SMILES string of the molecule is Cc1ccc2nc(NC(=O)c3cc(COc4ccccc4F)cs3)sc2c1. The van der Waals surface area contributed by atoms with Crippen LogP contribution in [0.4, 0.5) is 9.52 Å². The third-order valence-corrected chi connectivity index (χ3v) is 5.78. The Hall–Kier alpha value is -2.77. The molecule has 0 bridgehead atoms. The van der Waals surface area contributed by atoms with Crippen LogP contribution < -0.4 is 10.1 Å². The number of hydrogen-bond acceptors (Lipinski definition) is 5. The zero-order chi connectivity index (χ0) is 18.8. The third kappa shape index (κ3) is 3.99. The molecule has 7 heteroatoms. The highest BCUT2D eigenvalue weighted by Crippen LogP contribution is 2.28. The van der Waals surface area contributed by atoms with Crippen LogP contribution in [0.15, 0.2) is 53.9 Å². The van der Waals surface area contributed by atoms with Crippen molar-refractivity contribution in [3.8, 4) is 5.75 Å². The van der Waals surface area contributed by atoms with Gasteiger partial charge in [-0.3, -0.25) is 10.1 Å². The summed E-state index contributed by atoms with van der Waals surface area (Å²) in [6.07, 6.45) is 0. The molecule has 0 spiro atoms. The van der Waals surface area contributed by atoms with Gasteiger partial charge >= 0.3 is 0 Å². The quantitative estimate of drug-likeness (QED) is 0.473. The van der Waals surface area contributed by atoms with Crippen LogP contribution >= 0.6 is 22.7 Å². The topological polar surface area (TPSA) is 51.2 Å². The maximum atomic E-state index is 13.6. The summed E-state index contributed by atoms with van der Waals surface area (Å²) in [5.74, 6) is -0.427. The number of carbonyl (C=O) groups is 1. The molecule has 27 heavy (non-hydrogen) atoms. The molecule has 1 amide bonds. The number of rotatable bonds is 5. The van der Waals surface area contributed by atoms with E-state index in [1.807, 2.05) is 30.5 Å². The monoisotopic (exact) mass is 398 g/mol. The molecule has 0 unspecified atom stereocenters. The maximum Gasteiger partial charge on any atom is 0.267 e. The molecule has 1 N–H and O–H groups in total. The lowest BCUT2D eigenvalue weighted by Crippen LogP contribution is -2.09. The number of nitrogens with zero attached hydrogens (tertiary/aromatic N) is 1. The van der Waals surface area contributed by atoms with Crippen molar-refractivity contribution < 1.29 is 13.9 Å². The molecule has 2 aromatic carbocycles. The number of benzene rings is 2. The number of aromatic nitrogens is 1. The number of anilines is 1. The van der Waals surface area contributed by atoms with Gasteiger partial charge in [-0.1, -0.05) is 29.5 Å². The van der Waals surface area contributed by atoms with Crippen LogP contribution in [-0.4, -0.2) is 10.9 Å². The summed E-state index contributed by atoms with van der Waals surface area (Å²) in [5, 5.41) is 5.24. The Morgan fingerprint density at radius 2 is 2.07 bits per heavy atom. The van der Waals surface area contributed by atoms with E-state index in [1.165, 1.54) is 28.7 Å². The van der Waals surface area contributed by atoms with Gasteiger partial charge in [0.2, 0.25) is 0 Å². The molecule has 2 aromatic heterocycles. The first-order chi connectivity index (χ1) is 13.1. The molecular formula is C20H15FN2O2S2. The minimum atomic E-state index is -0.406. The Balaban J connectivity index is 1.42. The van der Waals surface area contributed by atoms with E-state index in [4.69, 9.17) is 4.74 Å². The Bertz CT molecular complexity index is 1120. The Labute approximate surface area is 163 Å². The predicted octanol–water partition coefficient (Wildman–Crippen LogP) is 5.64. The molecule has 4 aromatic rings. The normalized spacial score (nSPS) is 10.9. The zero-order valence-electron chi connectivity index (χ0n) is 14.4. The molecular weight excluding hydrogens is 383 g/mol. The minimum absolute atomic E-state index is 0.194. The van der Waals surface area contributed by atoms with E-state index in [2.05, 4.69) is 10.3 Å². The van der Waals surface area contributed by atoms with Crippen LogP contribution in [0.5, 0.6) is 5.75 Å². The lowest BCUT2D eigenvalue weighted by molar-refractivity contribution is 0.103. The highest BCUT2D eigenvalue weighted by atomic mass is 32.1. The van der Waals surface area contributed by atoms with Crippen molar-refractivity contribution >= 4 is 43.9 Å². The number of hydrogen-bond donors (Lipinski definition) is 1. The van der Waals surface area contributed by atoms with Crippen LogP contribution in [0.3, 0.4) is 0 Å². The fourth-order valence-electron chi connectivity index (χ4n) is 2.54. The van der Waals surface area contributed by atoms with Crippen molar-refractivity contribution in [2.45, 2.75) is 13.5 Å². The Kier molecular flexibility index (Phi) is 4.87. The van der Waals surface area contributed by atoms with Crippen molar-refractivity contribution in [1.82, 2.24) is 4.98 Å². The Morgan fingerprint density at radius 3 is 2.93 bits per heavy atom. The van der Waals surface area contributed by atoms with Gasteiger partial charge in [-0.15, -0.1) is 11.3 Å². The van der Waals surface area contributed by atoms with Crippen LogP contribution in [0, 0.1) is 12.7 Å². The summed E-state index contributed by atoms with van der Waals surface area (Å²) in [6, 6.07) is 14.0. The number of amides is 1. The molecule has 0 radical (unpaired) electrons. The van der Waals surface area contributed by atoms with Crippen LogP contribution in [0.2, 0.25) is 0 Å². The van der Waals surface area contributed by atoms with E-state index in [-0.39, 0.29) is 18.3 Å². The second-order valence-electron chi connectivity index (χ2n) is 5.98. The summed E-state index contributed by atoms with van der Waals surface area (Å²) >= 11 is 2.76. The van der Waals surface area contributed by atoms with Gasteiger partial charge in [0.15, 0.2) is 16.7 Å². The van der Waals surface area contributed by atoms with Crippen LogP contribution in [0.25, 0.3) is 10.2 Å². The molecule has 0 aliphatic heterocycles. The number of thiazole rings is 1. The van der Waals surface area contributed by atoms with Gasteiger partial charge in [0.05, 0.1) is 15.1 Å². The minimum Gasteiger partial charge on any atom is -0.486 e. The van der Waals surface area contributed by atoms with Crippen LogP contribution in [0.1, 0.15) is 20.8 Å². The number of aryl methyl sites for hydroxylation is 1. The molecule has 4 rings (SSSR count). The van der Waals surface area contributed by atoms with Crippen molar-refractivity contribution in [3.05, 3.63) is 75.7 Å². The first kappa shape index (κ1) is 17.6. The number of halogens is 1. The average Bonchev–Trinajstić information content (AvgIpc) is 3.27. The van der Waals surface area contributed by atoms with Gasteiger partial charge in [-0.05, 0) is 48.2 Å². The number of ether oxygens (including phenoxy) is 1. The smallest absolute Gasteiger partial charge is 0.267 e. The largest absolute Gasteiger partial charge is 0.486 e. The molecule has 0 atom stereocenters. The lowest BCUT2D eigenvalue weighted by Gasteiger charge is -2.05. The number of para-hydroxylation sites is 1. The summed E-state index contributed by atoms with van der Waals surface area (Å²) in [6.45, 7) is 2.22. The fourth-order valence-corrected chi connectivity index (χ4v) is 4.29. The second kappa shape index (κ2) is 7.46. The molecule has 136 valence electrons. The molecule has 0 saturated heterocycles. The van der Waals surface area contributed by atoms with Crippen molar-refractivity contribution in [3.63, 3.8) is 0 Å². The van der Waals surface area contributed by atoms with Crippen molar-refractivity contribution in [2.75, 3.05) is 5.32 Å². The van der Waals surface area contributed by atoms with Gasteiger partial charge < -0.3 is 4.74 Å². The van der Waals surface area contributed by atoms with Crippen LogP contribution in [-0.2, 0) is 6.61 Å². The van der Waals surface area contributed by atoms with E-state index in [1.54, 1.807) is 24.3 Å². The van der Waals surface area contributed by atoms with Gasteiger partial charge in [0.1, 0.15) is 6.61 Å². The number of fused-ring (bicyclic) bond motifs is 1. The standard InChI is InChI=1S/C20H15FN2O2S2/c1-12-6-7-15-17(8-12)27-20(22-15)23-19(24)18-9-13(11-26-18)10-25-16-5-3-2-4-14(16)21/h2-9,11H,10H2,1H3,(H,22,23,24). The molecule has 4 nitrogen and oxygen atoms in total. The third-order valence-electron chi connectivity index (χ3n) is 3.87. The van der Waals surface area contributed by atoms with E-state index in [9.17, 15) is 9.18 Å². The molecule has 2 heterocycles. The van der Waals surface area contributed by atoms with Gasteiger partial charge in [-0.2, -0.15) is 0 Å². The highest BCUT2D eigenvalue weighted by Gasteiger charge is 2.13. The van der Waals surface area contributed by atoms with E-state index in [0.717, 1.165) is 21.3 Å². The maximum absolute atomic E-state index is 13.6. The highest BCUT2D eigenvalue weighted by molar-refractivity contribution is 7.22. The van der Waals surface area contributed by atoms with Gasteiger partial charge in [0.25, 0.3) is 5.91 Å². The zero-order valence-corrected chi connectivity index (χ0v) is 16.0. The second-order valence-corrected chi connectivity index (χ2v) is 7.92. The summed E-state index contributed by atoms with van der Waals surface area (Å²) in [5.41, 5.74) is 2.83. The predicted molar refractivity (Wildman–Crippen MR) is 107 cm³/mol. The van der Waals surface area contributed by atoms with E-state index < -0.39 is 5.82 Å². The molecule has 0 fully saturated rings. The van der Waals surface area contributed by atoms with Crippen molar-refractivity contribution in [1.29, 1.82) is 0 Å². The number of carbonyl (C=O) groups excluding carboxylic acids is 1. The van der Waals surface area contributed by atoms with Gasteiger partial charge in [0, 0.05) is 5.56 Å². The molecule has 0 aliphatic carbocycles. The van der Waals surface area contributed by atoms with Crippen molar-refractivity contribution in [2.24, 2.45) is 0 Å². The number of thiophene rings is 1. The lowest BCUT2D eigenvalue weighted by atomic mass is 10.2. The number of nitrogens with one attached hydrogen (secondary N) is 1. The summed E-state index contributed by atoms with van der Waals surface area (Å²) in [4.78, 5) is 17.5. The Morgan fingerprint density at radius 1 is 1.22 bits per heavy atom. The van der Waals surface area contributed by atoms with Gasteiger partial charge in [-0.25, -0.2) is 9.37 Å². The average molecular weight is 398 g/mol. The summed E-state index contributed by atoms with van der Waals surface area (Å²) in [7, 11) is 0. The molecule has 0 saturated carbocycles. The van der Waals surface area contributed by atoms with E-state index in [0.29, 0.717) is 10.0 Å².